The van der Waals surface area contributed by atoms with Crippen LogP contribution in [-0.2, 0) is 9.59 Å². The minimum atomic E-state index is -0.955. The Labute approximate surface area is 123 Å². The summed E-state index contributed by atoms with van der Waals surface area (Å²) in [5, 5.41) is 10.8. The molecule has 2 N–H and O–H groups in total. The highest BCUT2D eigenvalue weighted by Crippen LogP contribution is 2.15. The molecule has 1 aromatic rings. The van der Waals surface area contributed by atoms with E-state index in [4.69, 9.17) is 5.11 Å². The summed E-state index contributed by atoms with van der Waals surface area (Å²) in [6.45, 7) is 4.19. The third-order valence-corrected chi connectivity index (χ3v) is 2.95. The van der Waals surface area contributed by atoms with Gasteiger partial charge in [0, 0.05) is 25.1 Å². The van der Waals surface area contributed by atoms with E-state index in [2.05, 4.69) is 5.32 Å². The van der Waals surface area contributed by atoms with Crippen molar-refractivity contribution in [2.45, 2.75) is 33.1 Å². The van der Waals surface area contributed by atoms with E-state index < -0.39 is 17.9 Å². The molecule has 0 radical (unpaired) electrons. The molecule has 0 saturated carbocycles. The van der Waals surface area contributed by atoms with Gasteiger partial charge in [0.2, 0.25) is 5.91 Å². The predicted molar refractivity (Wildman–Crippen MR) is 79.2 cm³/mol. The van der Waals surface area contributed by atoms with Crippen molar-refractivity contribution in [1.82, 2.24) is 5.32 Å². The fourth-order valence-corrected chi connectivity index (χ4v) is 1.82. The molecule has 6 heteroatoms. The number of imide groups is 1. The molecule has 0 atom stereocenters. The van der Waals surface area contributed by atoms with Gasteiger partial charge in [0.1, 0.15) is 0 Å². The van der Waals surface area contributed by atoms with Crippen molar-refractivity contribution in [2.75, 3.05) is 11.4 Å². The van der Waals surface area contributed by atoms with Gasteiger partial charge >= 0.3 is 12.0 Å². The van der Waals surface area contributed by atoms with Crippen LogP contribution in [0.1, 0.15) is 31.7 Å². The van der Waals surface area contributed by atoms with E-state index in [1.165, 1.54) is 4.90 Å². The molecule has 21 heavy (non-hydrogen) atoms. The maximum Gasteiger partial charge on any atom is 0.328 e. The molecule has 0 aliphatic carbocycles. The molecule has 0 aliphatic rings. The Bertz CT molecular complexity index is 511. The average Bonchev–Trinajstić information content (AvgIpc) is 2.41. The van der Waals surface area contributed by atoms with Gasteiger partial charge < -0.3 is 5.11 Å². The second-order valence-corrected chi connectivity index (χ2v) is 4.68. The molecule has 0 aromatic heterocycles. The lowest BCUT2D eigenvalue weighted by atomic mass is 10.2. The highest BCUT2D eigenvalue weighted by atomic mass is 16.4. The smallest absolute Gasteiger partial charge is 0.328 e. The number of aryl methyl sites for hydroxylation is 1. The summed E-state index contributed by atoms with van der Waals surface area (Å²) in [5.74, 6) is -1.42. The van der Waals surface area contributed by atoms with Gasteiger partial charge in [-0.05, 0) is 32.4 Å². The fourth-order valence-electron chi connectivity index (χ4n) is 1.82. The number of hydrogen-bond donors (Lipinski definition) is 2. The number of carboxylic acids is 1. The zero-order valence-corrected chi connectivity index (χ0v) is 12.3. The van der Waals surface area contributed by atoms with Crippen LogP contribution in [0.15, 0.2) is 24.3 Å². The van der Waals surface area contributed by atoms with Crippen molar-refractivity contribution >= 4 is 23.6 Å². The number of hydrogen-bond acceptors (Lipinski definition) is 3. The minimum Gasteiger partial charge on any atom is -0.481 e. The van der Waals surface area contributed by atoms with Gasteiger partial charge in [-0.1, -0.05) is 17.7 Å². The summed E-state index contributed by atoms with van der Waals surface area (Å²) in [7, 11) is 0. The fraction of sp³-hybridized carbons (Fsp3) is 0.400. The first-order chi connectivity index (χ1) is 9.93. The minimum absolute atomic E-state index is 0.0174. The molecule has 3 amide bonds. The lowest BCUT2D eigenvalue weighted by Gasteiger charge is -2.21. The van der Waals surface area contributed by atoms with E-state index in [1.54, 1.807) is 0 Å². The van der Waals surface area contributed by atoms with E-state index in [0.717, 1.165) is 5.56 Å². The van der Waals surface area contributed by atoms with Gasteiger partial charge in [0.05, 0.1) is 0 Å². The molecule has 0 bridgehead atoms. The molecule has 0 heterocycles. The van der Waals surface area contributed by atoms with Crippen LogP contribution < -0.4 is 10.2 Å². The van der Waals surface area contributed by atoms with Crippen LogP contribution in [0.5, 0.6) is 0 Å². The number of rotatable bonds is 6. The van der Waals surface area contributed by atoms with Gasteiger partial charge in [-0.2, -0.15) is 0 Å². The summed E-state index contributed by atoms with van der Waals surface area (Å²) in [4.78, 5) is 35.5. The maximum atomic E-state index is 12.0. The van der Waals surface area contributed by atoms with Gasteiger partial charge in [-0.25, -0.2) is 4.79 Å². The number of carbonyl (C=O) groups is 3. The largest absolute Gasteiger partial charge is 0.481 e. The number of carboxylic acid groups (broad SMARTS) is 1. The van der Waals surface area contributed by atoms with E-state index in [0.29, 0.717) is 12.2 Å². The van der Waals surface area contributed by atoms with Gasteiger partial charge in [0.15, 0.2) is 0 Å². The number of carbonyl (C=O) groups excluding carboxylic acids is 2. The predicted octanol–water partition coefficient (Wildman–Crippen LogP) is 2.31. The Kier molecular flexibility index (Phi) is 6.39. The quantitative estimate of drug-likeness (QED) is 0.842. The van der Waals surface area contributed by atoms with Crippen LogP contribution in [0.25, 0.3) is 0 Å². The lowest BCUT2D eigenvalue weighted by molar-refractivity contribution is -0.137. The normalized spacial score (nSPS) is 10.0. The SMILES string of the molecule is CCN(C(=O)NC(=O)CCCC(=O)O)c1ccc(C)cc1. The molecular formula is C15H20N2O4. The number of anilines is 1. The summed E-state index contributed by atoms with van der Waals surface area (Å²) in [6.07, 6.45) is 0.145. The second-order valence-electron chi connectivity index (χ2n) is 4.68. The van der Waals surface area contributed by atoms with Crippen molar-refractivity contribution in [3.63, 3.8) is 0 Å². The van der Waals surface area contributed by atoms with Crippen LogP contribution in [0.4, 0.5) is 10.5 Å². The summed E-state index contributed by atoms with van der Waals surface area (Å²) < 4.78 is 0. The first-order valence-electron chi connectivity index (χ1n) is 6.84. The summed E-state index contributed by atoms with van der Waals surface area (Å²) in [6, 6.07) is 6.90. The van der Waals surface area contributed by atoms with Crippen molar-refractivity contribution in [3.8, 4) is 0 Å². The van der Waals surface area contributed by atoms with Crippen molar-refractivity contribution < 1.29 is 19.5 Å². The molecular weight excluding hydrogens is 272 g/mol. The molecule has 1 rings (SSSR count). The topological polar surface area (TPSA) is 86.7 Å². The second kappa shape index (κ2) is 8.04. The Hall–Kier alpha value is -2.37. The van der Waals surface area contributed by atoms with E-state index in [9.17, 15) is 14.4 Å². The van der Waals surface area contributed by atoms with Crippen molar-refractivity contribution in [2.24, 2.45) is 0 Å². The van der Waals surface area contributed by atoms with Gasteiger partial charge in [-0.3, -0.25) is 19.8 Å². The number of urea groups is 1. The van der Waals surface area contributed by atoms with Crippen LogP contribution in [-0.4, -0.2) is 29.6 Å². The Morgan fingerprint density at radius 1 is 1.14 bits per heavy atom. The van der Waals surface area contributed by atoms with Crippen LogP contribution in [0.3, 0.4) is 0 Å². The standard InChI is InChI=1S/C15H20N2O4/c1-3-17(12-9-7-11(2)8-10-12)15(21)16-13(18)5-4-6-14(19)20/h7-10H,3-6H2,1-2H3,(H,19,20)(H,16,18,21). The summed E-state index contributed by atoms with van der Waals surface area (Å²) >= 11 is 0. The molecule has 0 aliphatic heterocycles. The number of nitrogens with one attached hydrogen (secondary N) is 1. The molecule has 0 spiro atoms. The van der Waals surface area contributed by atoms with Gasteiger partial charge in [-0.15, -0.1) is 0 Å². The molecule has 0 fully saturated rings. The molecule has 1 aromatic carbocycles. The monoisotopic (exact) mass is 292 g/mol. The Balaban J connectivity index is 2.57. The molecule has 0 unspecified atom stereocenters. The van der Waals surface area contributed by atoms with Crippen molar-refractivity contribution in [1.29, 1.82) is 0 Å². The highest BCUT2D eigenvalue weighted by molar-refractivity contribution is 6.02. The first-order valence-corrected chi connectivity index (χ1v) is 6.84. The molecule has 0 saturated heterocycles. The number of benzene rings is 1. The highest BCUT2D eigenvalue weighted by Gasteiger charge is 2.16. The van der Waals surface area contributed by atoms with E-state index in [-0.39, 0.29) is 19.3 Å². The maximum absolute atomic E-state index is 12.0. The number of amides is 3. The Morgan fingerprint density at radius 2 is 1.76 bits per heavy atom. The van der Waals surface area contributed by atoms with E-state index >= 15 is 0 Å². The zero-order chi connectivity index (χ0) is 15.8. The van der Waals surface area contributed by atoms with Crippen LogP contribution in [0.2, 0.25) is 0 Å². The summed E-state index contributed by atoms with van der Waals surface area (Å²) in [5.41, 5.74) is 1.79. The third-order valence-electron chi connectivity index (χ3n) is 2.95. The number of aliphatic carboxylic acids is 1. The van der Waals surface area contributed by atoms with E-state index in [1.807, 2.05) is 38.1 Å². The Morgan fingerprint density at radius 3 is 2.29 bits per heavy atom. The van der Waals surface area contributed by atoms with Crippen LogP contribution >= 0.6 is 0 Å². The van der Waals surface area contributed by atoms with Crippen LogP contribution in [0, 0.1) is 6.92 Å². The molecule has 6 nitrogen and oxygen atoms in total. The zero-order valence-electron chi connectivity index (χ0n) is 12.3. The van der Waals surface area contributed by atoms with Gasteiger partial charge in [0.25, 0.3) is 0 Å². The first kappa shape index (κ1) is 16.7. The lowest BCUT2D eigenvalue weighted by Crippen LogP contribution is -2.42. The molecule has 114 valence electrons. The number of nitrogens with zero attached hydrogens (tertiary/aromatic N) is 1. The average molecular weight is 292 g/mol. The van der Waals surface area contributed by atoms with Crippen molar-refractivity contribution in [3.05, 3.63) is 29.8 Å². The third kappa shape index (κ3) is 5.64.